The van der Waals surface area contributed by atoms with Gasteiger partial charge in [-0.25, -0.2) is 9.36 Å². The summed E-state index contributed by atoms with van der Waals surface area (Å²) >= 11 is 0. The number of aliphatic hydroxyl groups excluding tert-OH is 1. The van der Waals surface area contributed by atoms with Crippen molar-refractivity contribution in [3.05, 3.63) is 0 Å². The number of rotatable bonds is 16. The van der Waals surface area contributed by atoms with Crippen molar-refractivity contribution in [2.24, 2.45) is 0 Å². The van der Waals surface area contributed by atoms with Crippen molar-refractivity contribution in [2.75, 3.05) is 68.1 Å². The molecule has 0 aliphatic carbocycles. The van der Waals surface area contributed by atoms with Crippen LogP contribution in [0, 0.1) is 0 Å². The molecule has 2 amide bonds. The number of phosphoric ester groups is 1. The molecule has 3 N–H and O–H groups in total. The number of hydrogen-bond acceptors (Lipinski definition) is 4. The van der Waals surface area contributed by atoms with E-state index < -0.39 is 7.82 Å². The van der Waals surface area contributed by atoms with Gasteiger partial charge in [-0.15, -0.1) is 0 Å². The SMILES string of the molecule is CCCCCCCCCCCN(CCO)C(=O)N(C)C.C[N+](C)(C)CCOP(=O)(O)O. The van der Waals surface area contributed by atoms with Crippen LogP contribution in [0.25, 0.3) is 0 Å². The number of quaternary nitrogens is 1. The zero-order valence-corrected chi connectivity index (χ0v) is 21.6. The van der Waals surface area contributed by atoms with Gasteiger partial charge in [-0.3, -0.25) is 4.52 Å². The number of phosphoric acid groups is 1. The van der Waals surface area contributed by atoms with Gasteiger partial charge in [0.05, 0.1) is 27.7 Å². The molecule has 0 atom stereocenters. The molecule has 0 aromatic carbocycles. The van der Waals surface area contributed by atoms with Crippen LogP contribution in [0.15, 0.2) is 0 Å². The van der Waals surface area contributed by atoms with E-state index in [0.29, 0.717) is 17.6 Å². The van der Waals surface area contributed by atoms with Gasteiger partial charge in [0, 0.05) is 27.2 Å². The van der Waals surface area contributed by atoms with Crippen LogP contribution in [0.3, 0.4) is 0 Å². The van der Waals surface area contributed by atoms with Crippen LogP contribution >= 0.6 is 7.82 Å². The largest absolute Gasteiger partial charge is 0.469 e. The molecule has 9 nitrogen and oxygen atoms in total. The third-order valence-corrected chi connectivity index (χ3v) is 5.10. The Kier molecular flexibility index (Phi) is 19.7. The van der Waals surface area contributed by atoms with E-state index in [4.69, 9.17) is 14.9 Å². The van der Waals surface area contributed by atoms with Gasteiger partial charge < -0.3 is 29.2 Å². The van der Waals surface area contributed by atoms with Crippen LogP contribution in [0.5, 0.6) is 0 Å². The molecule has 0 aliphatic heterocycles. The van der Waals surface area contributed by atoms with Crippen LogP contribution in [-0.4, -0.2) is 103 Å². The van der Waals surface area contributed by atoms with Gasteiger partial charge >= 0.3 is 13.9 Å². The molecular formula is C21H49N3O6P+. The van der Waals surface area contributed by atoms with Gasteiger partial charge in [0.15, 0.2) is 0 Å². The standard InChI is InChI=1S/C16H34N2O2.C5H14NO4P/c1-4-5-6-7-8-9-10-11-12-13-18(14-15-19)16(20)17(2)3;1-6(2,3)4-5-10-11(7,8)9/h19H,4-15H2,1-3H3;4-5H2,1-3H3,(H-,7,8,9)/p+1. The molecule has 0 saturated carbocycles. The lowest BCUT2D eigenvalue weighted by molar-refractivity contribution is -0.870. The van der Waals surface area contributed by atoms with Crippen molar-refractivity contribution in [3.8, 4) is 0 Å². The van der Waals surface area contributed by atoms with Crippen LogP contribution < -0.4 is 0 Å². The fourth-order valence-corrected chi connectivity index (χ4v) is 3.07. The summed E-state index contributed by atoms with van der Waals surface area (Å²) in [5.74, 6) is 0. The molecule has 0 rings (SSSR count). The number of likely N-dealkylation sites (N-methyl/N-ethyl adjacent to an activating group) is 1. The Hall–Kier alpha value is -0.700. The lowest BCUT2D eigenvalue weighted by Gasteiger charge is -2.25. The summed E-state index contributed by atoms with van der Waals surface area (Å²) in [5, 5.41) is 9.00. The molecule has 0 aromatic heterocycles. The number of amides is 2. The minimum Gasteiger partial charge on any atom is -0.395 e. The normalized spacial score (nSPS) is 11.6. The predicted molar refractivity (Wildman–Crippen MR) is 126 cm³/mol. The van der Waals surface area contributed by atoms with Crippen molar-refractivity contribution in [3.63, 3.8) is 0 Å². The highest BCUT2D eigenvalue weighted by atomic mass is 31.2. The Morgan fingerprint density at radius 3 is 1.77 bits per heavy atom. The molecule has 0 bridgehead atoms. The topological polar surface area (TPSA) is 111 Å². The first kappa shape index (κ1) is 32.5. The molecule has 0 saturated heterocycles. The quantitative estimate of drug-likeness (QED) is 0.181. The van der Waals surface area contributed by atoms with E-state index in [1.165, 1.54) is 51.4 Å². The summed E-state index contributed by atoms with van der Waals surface area (Å²) in [6.07, 6.45) is 11.5. The monoisotopic (exact) mass is 470 g/mol. The average molecular weight is 471 g/mol. The van der Waals surface area contributed by atoms with Gasteiger partial charge in [0.25, 0.3) is 0 Å². The molecule has 0 aromatic rings. The lowest BCUT2D eigenvalue weighted by Crippen LogP contribution is -2.41. The van der Waals surface area contributed by atoms with Crippen molar-refractivity contribution >= 4 is 13.9 Å². The molecule has 0 radical (unpaired) electrons. The fourth-order valence-electron chi connectivity index (χ4n) is 2.75. The van der Waals surface area contributed by atoms with Gasteiger partial charge in [-0.05, 0) is 6.42 Å². The summed E-state index contributed by atoms with van der Waals surface area (Å²) in [4.78, 5) is 31.7. The zero-order valence-electron chi connectivity index (χ0n) is 20.8. The third-order valence-electron chi connectivity index (χ3n) is 4.58. The minimum absolute atomic E-state index is 0.00128. The van der Waals surface area contributed by atoms with E-state index in [1.54, 1.807) is 23.9 Å². The maximum absolute atomic E-state index is 11.8. The van der Waals surface area contributed by atoms with E-state index in [1.807, 2.05) is 21.1 Å². The highest BCUT2D eigenvalue weighted by molar-refractivity contribution is 7.46. The Balaban J connectivity index is 0. The van der Waals surface area contributed by atoms with E-state index in [9.17, 15) is 9.36 Å². The second-order valence-corrected chi connectivity index (χ2v) is 10.3. The van der Waals surface area contributed by atoms with Gasteiger partial charge in [0.2, 0.25) is 0 Å². The highest BCUT2D eigenvalue weighted by Gasteiger charge is 2.16. The summed E-state index contributed by atoms with van der Waals surface area (Å²) in [5.41, 5.74) is 0. The van der Waals surface area contributed by atoms with E-state index in [0.717, 1.165) is 13.0 Å². The maximum atomic E-state index is 11.8. The molecular weight excluding hydrogens is 421 g/mol. The smallest absolute Gasteiger partial charge is 0.395 e. The minimum atomic E-state index is -4.26. The van der Waals surface area contributed by atoms with E-state index >= 15 is 0 Å². The first-order chi connectivity index (χ1) is 14.3. The molecule has 0 unspecified atom stereocenters. The van der Waals surface area contributed by atoms with Crippen LogP contribution in [-0.2, 0) is 9.09 Å². The molecule has 188 valence electrons. The molecule has 0 fully saturated rings. The Bertz CT molecular complexity index is 480. The first-order valence-corrected chi connectivity index (χ1v) is 12.9. The second kappa shape index (κ2) is 18.8. The van der Waals surface area contributed by atoms with Crippen LogP contribution in [0.2, 0.25) is 0 Å². The van der Waals surface area contributed by atoms with Gasteiger partial charge in [-0.1, -0.05) is 58.3 Å². The molecule has 31 heavy (non-hydrogen) atoms. The van der Waals surface area contributed by atoms with Crippen molar-refractivity contribution < 1.29 is 33.3 Å². The summed E-state index contributed by atoms with van der Waals surface area (Å²) in [6.45, 7) is 4.13. The number of urea groups is 1. The Morgan fingerprint density at radius 2 is 1.39 bits per heavy atom. The van der Waals surface area contributed by atoms with Crippen LogP contribution in [0.1, 0.15) is 64.7 Å². The molecule has 0 heterocycles. The number of nitrogens with zero attached hydrogens (tertiary/aromatic N) is 3. The van der Waals surface area contributed by atoms with Crippen molar-refractivity contribution in [1.82, 2.24) is 9.80 Å². The van der Waals surface area contributed by atoms with Gasteiger partial charge in [0.1, 0.15) is 13.2 Å². The summed E-state index contributed by atoms with van der Waals surface area (Å²) in [6, 6.07) is -0.00128. The number of hydrogen-bond donors (Lipinski definition) is 3. The molecule has 10 heteroatoms. The molecule has 0 spiro atoms. The average Bonchev–Trinajstić information content (AvgIpc) is 2.63. The number of aliphatic hydroxyl groups is 1. The Labute approximate surface area is 190 Å². The highest BCUT2D eigenvalue weighted by Crippen LogP contribution is 2.35. The Morgan fingerprint density at radius 1 is 0.903 bits per heavy atom. The van der Waals surface area contributed by atoms with E-state index in [-0.39, 0.29) is 19.2 Å². The third kappa shape index (κ3) is 25.4. The number of carbonyl (C=O) groups is 1. The second-order valence-electron chi connectivity index (χ2n) is 9.05. The fraction of sp³-hybridized carbons (Fsp3) is 0.952. The maximum Gasteiger partial charge on any atom is 0.469 e. The number of unbranched alkanes of at least 4 members (excludes halogenated alkanes) is 8. The van der Waals surface area contributed by atoms with Crippen molar-refractivity contribution in [2.45, 2.75) is 64.7 Å². The summed E-state index contributed by atoms with van der Waals surface area (Å²) in [7, 11) is 5.00. The first-order valence-electron chi connectivity index (χ1n) is 11.4. The van der Waals surface area contributed by atoms with Crippen LogP contribution in [0.4, 0.5) is 4.79 Å². The summed E-state index contributed by atoms with van der Waals surface area (Å²) < 4.78 is 15.1. The zero-order chi connectivity index (χ0) is 24.3. The molecule has 0 aliphatic rings. The lowest BCUT2D eigenvalue weighted by atomic mass is 10.1. The van der Waals surface area contributed by atoms with Crippen molar-refractivity contribution in [1.29, 1.82) is 0 Å². The number of carbonyl (C=O) groups excluding carboxylic acids is 1. The van der Waals surface area contributed by atoms with E-state index in [2.05, 4.69) is 11.4 Å². The van der Waals surface area contributed by atoms with Gasteiger partial charge in [-0.2, -0.15) is 0 Å². The predicted octanol–water partition coefficient (Wildman–Crippen LogP) is 3.30.